The van der Waals surface area contributed by atoms with Gasteiger partial charge >= 0.3 is 0 Å². The number of carbonyl (C=O) groups excluding carboxylic acids is 2. The Bertz CT molecular complexity index is 734. The molecule has 30 heavy (non-hydrogen) atoms. The largest absolute Gasteiger partial charge is 0.376 e. The molecular weight excluding hydrogens is 388 g/mol. The highest BCUT2D eigenvalue weighted by Gasteiger charge is 2.40. The molecule has 3 aliphatic rings. The number of ether oxygens (including phenoxy) is 3. The summed E-state index contributed by atoms with van der Waals surface area (Å²) in [4.78, 5) is 37.7. The molecule has 9 heteroatoms. The van der Waals surface area contributed by atoms with E-state index in [1.165, 1.54) is 6.20 Å². The van der Waals surface area contributed by atoms with Crippen LogP contribution in [0.4, 0.5) is 0 Å². The van der Waals surface area contributed by atoms with E-state index in [0.29, 0.717) is 57.9 Å². The molecule has 4 rings (SSSR count). The number of piperidine rings is 1. The molecule has 0 radical (unpaired) electrons. The maximum absolute atomic E-state index is 13.0. The van der Waals surface area contributed by atoms with Gasteiger partial charge < -0.3 is 24.0 Å². The fourth-order valence-electron chi connectivity index (χ4n) is 4.25. The van der Waals surface area contributed by atoms with E-state index < -0.39 is 5.79 Å². The van der Waals surface area contributed by atoms with Crippen molar-refractivity contribution in [2.75, 3.05) is 46.0 Å². The minimum atomic E-state index is -0.497. The smallest absolute Gasteiger partial charge is 0.274 e. The lowest BCUT2D eigenvalue weighted by molar-refractivity contribution is -0.187. The predicted molar refractivity (Wildman–Crippen MR) is 107 cm³/mol. The van der Waals surface area contributed by atoms with E-state index in [-0.39, 0.29) is 24.3 Å². The predicted octanol–water partition coefficient (Wildman–Crippen LogP) is 1.16. The number of nitrogens with zero attached hydrogens (tertiary/aromatic N) is 4. The number of hydrogen-bond donors (Lipinski definition) is 0. The van der Waals surface area contributed by atoms with E-state index in [1.54, 1.807) is 11.1 Å². The highest BCUT2D eigenvalue weighted by Crippen LogP contribution is 2.31. The lowest BCUT2D eigenvalue weighted by Gasteiger charge is -2.37. The Labute approximate surface area is 176 Å². The zero-order valence-electron chi connectivity index (χ0n) is 17.5. The second kappa shape index (κ2) is 9.36. The number of likely N-dealkylation sites (tertiary alicyclic amines) is 1. The second-order valence-corrected chi connectivity index (χ2v) is 8.17. The monoisotopic (exact) mass is 418 g/mol. The van der Waals surface area contributed by atoms with Crippen LogP contribution in [-0.2, 0) is 19.0 Å². The van der Waals surface area contributed by atoms with Crippen molar-refractivity contribution in [3.63, 3.8) is 0 Å². The van der Waals surface area contributed by atoms with E-state index in [4.69, 9.17) is 14.2 Å². The summed E-state index contributed by atoms with van der Waals surface area (Å²) in [6, 6.07) is 0. The molecule has 0 aromatic carbocycles. The van der Waals surface area contributed by atoms with Gasteiger partial charge in [-0.3, -0.25) is 14.6 Å². The van der Waals surface area contributed by atoms with Crippen LogP contribution in [0.15, 0.2) is 12.4 Å². The normalized spacial score (nSPS) is 23.1. The molecule has 1 unspecified atom stereocenters. The van der Waals surface area contributed by atoms with Crippen molar-refractivity contribution >= 4 is 11.8 Å². The van der Waals surface area contributed by atoms with Crippen molar-refractivity contribution in [2.24, 2.45) is 0 Å². The number of rotatable bonds is 6. The van der Waals surface area contributed by atoms with E-state index in [0.717, 1.165) is 25.1 Å². The van der Waals surface area contributed by atoms with Gasteiger partial charge in [-0.1, -0.05) is 0 Å². The standard InChI is InChI=1S/C21H30N4O5/c1-16-13-23-18(14-22-16)20(27)25(15-17-3-2-10-28-17)7-4-19(26)24-8-5-21(6-9-24)29-11-12-30-21/h13-14,17H,2-12,15H2,1H3. The maximum Gasteiger partial charge on any atom is 0.274 e. The quantitative estimate of drug-likeness (QED) is 0.684. The first kappa shape index (κ1) is 21.1. The van der Waals surface area contributed by atoms with E-state index >= 15 is 0 Å². The number of amides is 2. The molecular formula is C21H30N4O5. The van der Waals surface area contributed by atoms with Crippen LogP contribution >= 0.6 is 0 Å². The SMILES string of the molecule is Cc1cnc(C(=O)N(CCC(=O)N2CCC3(CC2)OCCO3)CC2CCCO2)cn1. The van der Waals surface area contributed by atoms with Crippen LogP contribution in [0.2, 0.25) is 0 Å². The first-order valence-corrected chi connectivity index (χ1v) is 10.8. The maximum atomic E-state index is 13.0. The third-order valence-corrected chi connectivity index (χ3v) is 6.02. The summed E-state index contributed by atoms with van der Waals surface area (Å²) >= 11 is 0. The zero-order chi connectivity index (χ0) is 21.0. The molecule has 2 amide bonds. The van der Waals surface area contributed by atoms with Crippen molar-refractivity contribution in [1.29, 1.82) is 0 Å². The molecule has 0 N–H and O–H groups in total. The fourth-order valence-corrected chi connectivity index (χ4v) is 4.25. The number of hydrogen-bond acceptors (Lipinski definition) is 7. The first-order chi connectivity index (χ1) is 14.5. The minimum absolute atomic E-state index is 0.00830. The van der Waals surface area contributed by atoms with Gasteiger partial charge in [0.1, 0.15) is 5.69 Å². The van der Waals surface area contributed by atoms with E-state index in [1.807, 2.05) is 11.8 Å². The van der Waals surface area contributed by atoms with Crippen molar-refractivity contribution in [2.45, 2.75) is 50.9 Å². The Morgan fingerprint density at radius 2 is 1.93 bits per heavy atom. The third kappa shape index (κ3) is 4.96. The summed E-state index contributed by atoms with van der Waals surface area (Å²) in [6.07, 6.45) is 6.65. The second-order valence-electron chi connectivity index (χ2n) is 8.17. The van der Waals surface area contributed by atoms with E-state index in [2.05, 4.69) is 9.97 Å². The molecule has 1 aromatic heterocycles. The van der Waals surface area contributed by atoms with Gasteiger partial charge in [-0.05, 0) is 19.8 Å². The topological polar surface area (TPSA) is 94.1 Å². The van der Waals surface area contributed by atoms with Crippen LogP contribution in [0.25, 0.3) is 0 Å². The van der Waals surface area contributed by atoms with Crippen LogP contribution in [0, 0.1) is 6.92 Å². The van der Waals surface area contributed by atoms with Gasteiger partial charge in [-0.15, -0.1) is 0 Å². The lowest BCUT2D eigenvalue weighted by Crippen LogP contribution is -2.48. The molecule has 9 nitrogen and oxygen atoms in total. The zero-order valence-corrected chi connectivity index (χ0v) is 17.5. The van der Waals surface area contributed by atoms with Crippen LogP contribution in [0.5, 0.6) is 0 Å². The Hall–Kier alpha value is -2.10. The lowest BCUT2D eigenvalue weighted by atomic mass is 10.0. The Balaban J connectivity index is 1.34. The van der Waals surface area contributed by atoms with Gasteiger partial charge in [0.25, 0.3) is 5.91 Å². The Morgan fingerprint density at radius 1 is 1.17 bits per heavy atom. The third-order valence-electron chi connectivity index (χ3n) is 6.02. The molecule has 3 fully saturated rings. The molecule has 3 saturated heterocycles. The number of aromatic nitrogens is 2. The number of carbonyl (C=O) groups is 2. The molecule has 1 aromatic rings. The molecule has 1 atom stereocenters. The molecule has 1 spiro atoms. The highest BCUT2D eigenvalue weighted by molar-refractivity contribution is 5.92. The van der Waals surface area contributed by atoms with Crippen LogP contribution in [0.3, 0.4) is 0 Å². The van der Waals surface area contributed by atoms with E-state index in [9.17, 15) is 9.59 Å². The fraction of sp³-hybridized carbons (Fsp3) is 0.714. The van der Waals surface area contributed by atoms with Gasteiger partial charge in [0.05, 0.1) is 31.2 Å². The van der Waals surface area contributed by atoms with Crippen molar-refractivity contribution in [3.8, 4) is 0 Å². The van der Waals surface area contributed by atoms with Crippen LogP contribution in [0.1, 0.15) is 48.3 Å². The summed E-state index contributed by atoms with van der Waals surface area (Å²) in [5, 5.41) is 0. The van der Waals surface area contributed by atoms with Gasteiger partial charge in [0.2, 0.25) is 5.91 Å². The minimum Gasteiger partial charge on any atom is -0.376 e. The molecule has 0 aliphatic carbocycles. The summed E-state index contributed by atoms with van der Waals surface area (Å²) in [6.45, 7) is 5.81. The molecule has 0 bridgehead atoms. The average molecular weight is 418 g/mol. The number of aryl methyl sites for hydroxylation is 1. The van der Waals surface area contributed by atoms with Gasteiger partial charge in [-0.2, -0.15) is 0 Å². The van der Waals surface area contributed by atoms with Crippen molar-refractivity contribution in [3.05, 3.63) is 23.8 Å². The highest BCUT2D eigenvalue weighted by atomic mass is 16.7. The van der Waals surface area contributed by atoms with Crippen molar-refractivity contribution in [1.82, 2.24) is 19.8 Å². The molecule has 3 aliphatic heterocycles. The summed E-state index contributed by atoms with van der Waals surface area (Å²) in [5.74, 6) is -0.665. The Morgan fingerprint density at radius 3 is 2.57 bits per heavy atom. The van der Waals surface area contributed by atoms with Gasteiger partial charge in [-0.25, -0.2) is 4.98 Å². The Kier molecular flexibility index (Phi) is 6.60. The van der Waals surface area contributed by atoms with Crippen molar-refractivity contribution < 1.29 is 23.8 Å². The van der Waals surface area contributed by atoms with Gasteiger partial charge in [0.15, 0.2) is 5.79 Å². The summed E-state index contributed by atoms with van der Waals surface area (Å²) in [5.41, 5.74) is 1.05. The van der Waals surface area contributed by atoms with Crippen LogP contribution < -0.4 is 0 Å². The summed E-state index contributed by atoms with van der Waals surface area (Å²) in [7, 11) is 0. The first-order valence-electron chi connectivity index (χ1n) is 10.8. The molecule has 0 saturated carbocycles. The molecule has 164 valence electrons. The molecule has 4 heterocycles. The van der Waals surface area contributed by atoms with Gasteiger partial charge in [0, 0.05) is 58.2 Å². The summed E-state index contributed by atoms with van der Waals surface area (Å²) < 4.78 is 17.2. The van der Waals surface area contributed by atoms with Crippen LogP contribution in [-0.4, -0.2) is 89.5 Å². The average Bonchev–Trinajstić information content (AvgIpc) is 3.44.